The first kappa shape index (κ1) is 12.1. The van der Waals surface area contributed by atoms with Crippen molar-refractivity contribution in [1.82, 2.24) is 0 Å². The average molecular weight is 207 g/mol. The summed E-state index contributed by atoms with van der Waals surface area (Å²) >= 11 is 0. The Kier molecular flexibility index (Phi) is 4.63. The van der Waals surface area contributed by atoms with Crippen LogP contribution in [0.15, 0.2) is 24.3 Å². The molecule has 0 aromatic heterocycles. The van der Waals surface area contributed by atoms with Crippen LogP contribution in [0.5, 0.6) is 0 Å². The van der Waals surface area contributed by atoms with Crippen molar-refractivity contribution in [1.29, 1.82) is 0 Å². The highest BCUT2D eigenvalue weighted by Gasteiger charge is 2.08. The highest BCUT2D eigenvalue weighted by Crippen LogP contribution is 2.18. The van der Waals surface area contributed by atoms with E-state index in [1.807, 2.05) is 6.07 Å². The fourth-order valence-electron chi connectivity index (χ4n) is 1.35. The first-order valence-electron chi connectivity index (χ1n) is 5.48. The Morgan fingerprint density at radius 3 is 2.47 bits per heavy atom. The summed E-state index contributed by atoms with van der Waals surface area (Å²) < 4.78 is 5.17. The largest absolute Gasteiger partial charge is 0.382 e. The fourth-order valence-corrected chi connectivity index (χ4v) is 1.35. The van der Waals surface area contributed by atoms with Crippen molar-refractivity contribution in [3.63, 3.8) is 0 Å². The van der Waals surface area contributed by atoms with Gasteiger partial charge in [0.1, 0.15) is 0 Å². The van der Waals surface area contributed by atoms with Crippen molar-refractivity contribution < 1.29 is 4.74 Å². The second kappa shape index (κ2) is 5.76. The Morgan fingerprint density at radius 1 is 1.20 bits per heavy atom. The van der Waals surface area contributed by atoms with Gasteiger partial charge in [-0.2, -0.15) is 0 Å². The van der Waals surface area contributed by atoms with E-state index in [-0.39, 0.29) is 0 Å². The minimum Gasteiger partial charge on any atom is -0.382 e. The molecule has 0 spiro atoms. The van der Waals surface area contributed by atoms with Crippen molar-refractivity contribution in [2.75, 3.05) is 12.4 Å². The molecular weight excluding hydrogens is 186 g/mol. The van der Waals surface area contributed by atoms with E-state index < -0.39 is 0 Å². The van der Waals surface area contributed by atoms with Gasteiger partial charge in [-0.15, -0.1) is 0 Å². The molecule has 2 nitrogen and oxygen atoms in total. The minimum absolute atomic E-state index is 0.475. The number of hydrogen-bond acceptors (Lipinski definition) is 2. The molecule has 1 aromatic rings. The average Bonchev–Trinajstić information content (AvgIpc) is 2.21. The molecule has 15 heavy (non-hydrogen) atoms. The molecule has 0 aliphatic carbocycles. The second-order valence-electron chi connectivity index (χ2n) is 4.27. The summed E-state index contributed by atoms with van der Waals surface area (Å²) in [5.41, 5.74) is 2.40. The van der Waals surface area contributed by atoms with Crippen LogP contribution in [-0.4, -0.2) is 13.2 Å². The molecule has 0 radical (unpaired) electrons. The Hall–Kier alpha value is -1.02. The molecule has 1 rings (SSSR count). The normalized spacial score (nSPS) is 12.9. The number of methoxy groups -OCH3 is 1. The molecule has 1 atom stereocenters. The SMILES string of the molecule is COCc1ccccc1NC(C)C(C)C. The van der Waals surface area contributed by atoms with Crippen molar-refractivity contribution in [3.8, 4) is 0 Å². The number of para-hydroxylation sites is 1. The van der Waals surface area contributed by atoms with E-state index in [0.717, 1.165) is 0 Å². The summed E-state index contributed by atoms with van der Waals surface area (Å²) in [4.78, 5) is 0. The molecule has 0 aliphatic rings. The summed E-state index contributed by atoms with van der Waals surface area (Å²) in [5, 5.41) is 3.51. The van der Waals surface area contributed by atoms with Crippen LogP contribution in [0.25, 0.3) is 0 Å². The maximum Gasteiger partial charge on any atom is 0.0733 e. The monoisotopic (exact) mass is 207 g/mol. The molecule has 1 N–H and O–H groups in total. The van der Waals surface area contributed by atoms with Crippen LogP contribution in [0.2, 0.25) is 0 Å². The fraction of sp³-hybridized carbons (Fsp3) is 0.538. The van der Waals surface area contributed by atoms with Crippen LogP contribution in [0.3, 0.4) is 0 Å². The Bertz CT molecular complexity index is 296. The zero-order valence-electron chi connectivity index (χ0n) is 10.1. The van der Waals surface area contributed by atoms with Gasteiger partial charge in [0, 0.05) is 24.4 Å². The standard InChI is InChI=1S/C13H21NO/c1-10(2)11(3)14-13-8-6-5-7-12(13)9-15-4/h5-8,10-11,14H,9H2,1-4H3. The van der Waals surface area contributed by atoms with Crippen LogP contribution < -0.4 is 5.32 Å². The number of ether oxygens (including phenoxy) is 1. The number of nitrogens with one attached hydrogen (secondary N) is 1. The summed E-state index contributed by atoms with van der Waals surface area (Å²) in [5.74, 6) is 0.626. The third-order valence-corrected chi connectivity index (χ3v) is 2.70. The summed E-state index contributed by atoms with van der Waals surface area (Å²) in [6.07, 6.45) is 0. The third-order valence-electron chi connectivity index (χ3n) is 2.70. The van der Waals surface area contributed by atoms with Gasteiger partial charge in [0.2, 0.25) is 0 Å². The number of benzene rings is 1. The lowest BCUT2D eigenvalue weighted by atomic mass is 10.1. The van der Waals surface area contributed by atoms with E-state index in [1.165, 1.54) is 11.3 Å². The first-order chi connectivity index (χ1) is 7.15. The molecule has 0 bridgehead atoms. The lowest BCUT2D eigenvalue weighted by Crippen LogP contribution is -2.22. The molecule has 0 saturated carbocycles. The molecule has 1 unspecified atom stereocenters. The molecule has 0 heterocycles. The lowest BCUT2D eigenvalue weighted by Gasteiger charge is -2.20. The van der Waals surface area contributed by atoms with Crippen molar-refractivity contribution in [3.05, 3.63) is 29.8 Å². The highest BCUT2D eigenvalue weighted by molar-refractivity contribution is 5.51. The topological polar surface area (TPSA) is 21.3 Å². The number of rotatable bonds is 5. The van der Waals surface area contributed by atoms with E-state index in [9.17, 15) is 0 Å². The zero-order valence-corrected chi connectivity index (χ0v) is 10.1. The van der Waals surface area contributed by atoms with Gasteiger partial charge in [0.25, 0.3) is 0 Å². The van der Waals surface area contributed by atoms with Gasteiger partial charge in [-0.25, -0.2) is 0 Å². The molecule has 2 heteroatoms. The predicted molar refractivity (Wildman–Crippen MR) is 65.1 cm³/mol. The number of anilines is 1. The maximum absolute atomic E-state index is 5.17. The smallest absolute Gasteiger partial charge is 0.0733 e. The quantitative estimate of drug-likeness (QED) is 0.800. The third kappa shape index (κ3) is 3.56. The zero-order chi connectivity index (χ0) is 11.3. The second-order valence-corrected chi connectivity index (χ2v) is 4.27. The molecular formula is C13H21NO. The van der Waals surface area contributed by atoms with E-state index in [4.69, 9.17) is 4.74 Å². The van der Waals surface area contributed by atoms with Gasteiger partial charge in [-0.05, 0) is 18.9 Å². The van der Waals surface area contributed by atoms with Gasteiger partial charge in [-0.1, -0.05) is 32.0 Å². The van der Waals surface area contributed by atoms with E-state index in [0.29, 0.717) is 18.6 Å². The minimum atomic E-state index is 0.475. The molecule has 1 aromatic carbocycles. The Morgan fingerprint density at radius 2 is 1.87 bits per heavy atom. The van der Waals surface area contributed by atoms with Gasteiger partial charge in [0.05, 0.1) is 6.61 Å². The van der Waals surface area contributed by atoms with Crippen LogP contribution in [0.4, 0.5) is 5.69 Å². The molecule has 0 aliphatic heterocycles. The van der Waals surface area contributed by atoms with Crippen LogP contribution in [0.1, 0.15) is 26.3 Å². The predicted octanol–water partition coefficient (Wildman–Crippen LogP) is 3.29. The van der Waals surface area contributed by atoms with Crippen molar-refractivity contribution >= 4 is 5.69 Å². The lowest BCUT2D eigenvalue weighted by molar-refractivity contribution is 0.185. The van der Waals surface area contributed by atoms with Gasteiger partial charge < -0.3 is 10.1 Å². The highest BCUT2D eigenvalue weighted by atomic mass is 16.5. The molecule has 0 amide bonds. The van der Waals surface area contributed by atoms with Crippen LogP contribution >= 0.6 is 0 Å². The van der Waals surface area contributed by atoms with E-state index in [2.05, 4.69) is 44.3 Å². The van der Waals surface area contributed by atoms with Crippen LogP contribution in [0, 0.1) is 5.92 Å². The maximum atomic E-state index is 5.17. The van der Waals surface area contributed by atoms with E-state index >= 15 is 0 Å². The summed E-state index contributed by atoms with van der Waals surface area (Å²) in [6.45, 7) is 7.30. The van der Waals surface area contributed by atoms with Gasteiger partial charge >= 0.3 is 0 Å². The molecule has 0 fully saturated rings. The van der Waals surface area contributed by atoms with Crippen molar-refractivity contribution in [2.45, 2.75) is 33.4 Å². The van der Waals surface area contributed by atoms with Crippen molar-refractivity contribution in [2.24, 2.45) is 5.92 Å². The molecule has 0 saturated heterocycles. The van der Waals surface area contributed by atoms with Crippen LogP contribution in [-0.2, 0) is 11.3 Å². The van der Waals surface area contributed by atoms with Gasteiger partial charge in [0.15, 0.2) is 0 Å². The van der Waals surface area contributed by atoms with Gasteiger partial charge in [-0.3, -0.25) is 0 Å². The summed E-state index contributed by atoms with van der Waals surface area (Å²) in [7, 11) is 1.72. The van der Waals surface area contributed by atoms with E-state index in [1.54, 1.807) is 7.11 Å². The Balaban J connectivity index is 2.74. The number of hydrogen-bond donors (Lipinski definition) is 1. The summed E-state index contributed by atoms with van der Waals surface area (Å²) in [6, 6.07) is 8.77. The molecule has 84 valence electrons. The Labute approximate surface area is 92.6 Å². The first-order valence-corrected chi connectivity index (χ1v) is 5.48.